The summed E-state index contributed by atoms with van der Waals surface area (Å²) in [5.41, 5.74) is 1.24. The monoisotopic (exact) mass is 455 g/mol. The Kier molecular flexibility index (Phi) is 5.47. The van der Waals surface area contributed by atoms with Gasteiger partial charge in [-0.15, -0.1) is 0 Å². The summed E-state index contributed by atoms with van der Waals surface area (Å²) >= 11 is 0. The van der Waals surface area contributed by atoms with Crippen LogP contribution in [0.3, 0.4) is 0 Å². The van der Waals surface area contributed by atoms with Crippen LogP contribution in [-0.4, -0.2) is 30.3 Å². The molecule has 0 aliphatic carbocycles. The molecule has 0 bridgehead atoms. The van der Waals surface area contributed by atoms with Gasteiger partial charge in [0.1, 0.15) is 17.3 Å². The number of benzene rings is 3. The van der Waals surface area contributed by atoms with Gasteiger partial charge in [-0.05, 0) is 54.1 Å². The van der Waals surface area contributed by atoms with Crippen molar-refractivity contribution in [3.63, 3.8) is 0 Å². The third kappa shape index (κ3) is 3.97. The van der Waals surface area contributed by atoms with Gasteiger partial charge >= 0.3 is 0 Å². The number of carbonyl (C=O) groups excluding carboxylic acids is 1. The fraction of sp³-hybridized carbons (Fsp3) is 0.115. The smallest absolute Gasteiger partial charge is 0.257 e. The average molecular weight is 455 g/mol. The number of anilines is 1. The minimum absolute atomic E-state index is 0.270. The standard InChI is InChI=1S/C26H21N3O5/c1-15-11-25(29-34-15)28-26(30)19-6-4-5-16-12-17(7-8-18(16)19)33-22-9-10-27-21-14-24(32-3)23(31-2)13-20(21)22/h4-14H,1-3H3,(H,28,29,30). The van der Waals surface area contributed by atoms with Crippen molar-refractivity contribution in [1.29, 1.82) is 0 Å². The second-order valence-electron chi connectivity index (χ2n) is 7.60. The molecule has 0 aliphatic rings. The second kappa shape index (κ2) is 8.74. The Labute approximate surface area is 195 Å². The molecule has 3 aromatic carbocycles. The Morgan fingerprint density at radius 1 is 0.912 bits per heavy atom. The summed E-state index contributed by atoms with van der Waals surface area (Å²) in [5, 5.41) is 9.02. The molecule has 2 aromatic heterocycles. The summed E-state index contributed by atoms with van der Waals surface area (Å²) in [6.07, 6.45) is 1.68. The molecule has 2 heterocycles. The summed E-state index contributed by atoms with van der Waals surface area (Å²) in [6.45, 7) is 1.76. The molecule has 0 spiro atoms. The number of amides is 1. The summed E-state index contributed by atoms with van der Waals surface area (Å²) in [7, 11) is 3.17. The summed E-state index contributed by atoms with van der Waals surface area (Å²) < 4.78 is 22.0. The van der Waals surface area contributed by atoms with Crippen molar-refractivity contribution in [3.8, 4) is 23.0 Å². The molecule has 0 radical (unpaired) electrons. The zero-order chi connectivity index (χ0) is 23.7. The van der Waals surface area contributed by atoms with Gasteiger partial charge in [0.05, 0.1) is 19.7 Å². The minimum atomic E-state index is -0.270. The first-order valence-electron chi connectivity index (χ1n) is 10.5. The molecule has 5 aromatic rings. The van der Waals surface area contributed by atoms with Gasteiger partial charge in [-0.1, -0.05) is 17.3 Å². The van der Waals surface area contributed by atoms with E-state index in [2.05, 4.69) is 15.5 Å². The number of methoxy groups -OCH3 is 2. The number of aromatic nitrogens is 2. The van der Waals surface area contributed by atoms with Gasteiger partial charge in [0.25, 0.3) is 5.91 Å². The molecule has 34 heavy (non-hydrogen) atoms. The third-order valence-corrected chi connectivity index (χ3v) is 5.40. The first-order valence-corrected chi connectivity index (χ1v) is 10.5. The quantitative estimate of drug-likeness (QED) is 0.348. The maximum atomic E-state index is 12.8. The molecule has 1 amide bonds. The summed E-state index contributed by atoms with van der Waals surface area (Å²) in [4.78, 5) is 17.2. The van der Waals surface area contributed by atoms with Crippen LogP contribution in [0.25, 0.3) is 21.7 Å². The van der Waals surface area contributed by atoms with Crippen molar-refractivity contribution in [2.24, 2.45) is 0 Å². The molecule has 8 heteroatoms. The Hall–Kier alpha value is -4.59. The molecule has 0 unspecified atom stereocenters. The number of ether oxygens (including phenoxy) is 3. The number of hydrogen-bond donors (Lipinski definition) is 1. The fourth-order valence-corrected chi connectivity index (χ4v) is 3.80. The molecule has 0 saturated heterocycles. The Morgan fingerprint density at radius 3 is 2.50 bits per heavy atom. The predicted octanol–water partition coefficient (Wildman–Crippen LogP) is 5.75. The highest BCUT2D eigenvalue weighted by atomic mass is 16.5. The van der Waals surface area contributed by atoms with Crippen molar-refractivity contribution < 1.29 is 23.5 Å². The maximum absolute atomic E-state index is 12.8. The molecule has 0 saturated carbocycles. The van der Waals surface area contributed by atoms with Gasteiger partial charge in [-0.2, -0.15) is 0 Å². The van der Waals surface area contributed by atoms with Crippen LogP contribution >= 0.6 is 0 Å². The van der Waals surface area contributed by atoms with Crippen LogP contribution in [0.2, 0.25) is 0 Å². The lowest BCUT2D eigenvalue weighted by Gasteiger charge is -2.13. The van der Waals surface area contributed by atoms with Crippen molar-refractivity contribution in [2.75, 3.05) is 19.5 Å². The number of carbonyl (C=O) groups is 1. The van der Waals surface area contributed by atoms with Crippen LogP contribution in [0, 0.1) is 6.92 Å². The van der Waals surface area contributed by atoms with E-state index in [0.29, 0.717) is 40.1 Å². The van der Waals surface area contributed by atoms with Crippen molar-refractivity contribution >= 4 is 33.4 Å². The van der Waals surface area contributed by atoms with Crippen LogP contribution in [-0.2, 0) is 0 Å². The van der Waals surface area contributed by atoms with Crippen LogP contribution in [0.5, 0.6) is 23.0 Å². The number of hydrogen-bond acceptors (Lipinski definition) is 7. The van der Waals surface area contributed by atoms with E-state index in [1.807, 2.05) is 42.5 Å². The Balaban J connectivity index is 1.48. The largest absolute Gasteiger partial charge is 0.493 e. The Bertz CT molecular complexity index is 1530. The number of nitrogens with zero attached hydrogens (tertiary/aromatic N) is 2. The van der Waals surface area contributed by atoms with E-state index in [0.717, 1.165) is 21.7 Å². The highest BCUT2D eigenvalue weighted by molar-refractivity contribution is 6.12. The highest BCUT2D eigenvalue weighted by Gasteiger charge is 2.14. The van der Waals surface area contributed by atoms with E-state index in [-0.39, 0.29) is 5.91 Å². The lowest BCUT2D eigenvalue weighted by Crippen LogP contribution is -2.12. The SMILES string of the molecule is COc1cc2nccc(Oc3ccc4c(C(=O)Nc5cc(C)on5)cccc4c3)c2cc1OC. The van der Waals surface area contributed by atoms with E-state index < -0.39 is 0 Å². The van der Waals surface area contributed by atoms with E-state index in [1.165, 1.54) is 0 Å². The van der Waals surface area contributed by atoms with Crippen LogP contribution < -0.4 is 19.5 Å². The lowest BCUT2D eigenvalue weighted by molar-refractivity contribution is 0.102. The van der Waals surface area contributed by atoms with Crippen molar-refractivity contribution in [1.82, 2.24) is 10.1 Å². The van der Waals surface area contributed by atoms with Gasteiger partial charge in [0.15, 0.2) is 17.3 Å². The zero-order valence-electron chi connectivity index (χ0n) is 18.8. The molecule has 0 atom stereocenters. The number of fused-ring (bicyclic) bond motifs is 2. The molecule has 1 N–H and O–H groups in total. The molecule has 8 nitrogen and oxygen atoms in total. The number of nitrogens with one attached hydrogen (secondary N) is 1. The van der Waals surface area contributed by atoms with Gasteiger partial charge in [0, 0.05) is 29.3 Å². The van der Waals surface area contributed by atoms with Crippen molar-refractivity contribution in [3.05, 3.63) is 78.2 Å². The molecule has 5 rings (SSSR count). The first kappa shape index (κ1) is 21.3. The fourth-order valence-electron chi connectivity index (χ4n) is 3.80. The molecular formula is C26H21N3O5. The number of rotatable bonds is 6. The molecule has 170 valence electrons. The Morgan fingerprint density at radius 2 is 1.74 bits per heavy atom. The van der Waals surface area contributed by atoms with Crippen LogP contribution in [0.15, 0.2) is 71.4 Å². The van der Waals surface area contributed by atoms with Gasteiger partial charge < -0.3 is 24.1 Å². The topological polar surface area (TPSA) is 95.7 Å². The molecular weight excluding hydrogens is 434 g/mol. The van der Waals surface area contributed by atoms with E-state index in [4.69, 9.17) is 18.7 Å². The van der Waals surface area contributed by atoms with Crippen LogP contribution in [0.4, 0.5) is 5.82 Å². The highest BCUT2D eigenvalue weighted by Crippen LogP contribution is 2.37. The normalized spacial score (nSPS) is 10.9. The van der Waals surface area contributed by atoms with Crippen LogP contribution in [0.1, 0.15) is 16.1 Å². The average Bonchev–Trinajstić information content (AvgIpc) is 3.27. The molecule has 0 aliphatic heterocycles. The lowest BCUT2D eigenvalue weighted by atomic mass is 10.0. The van der Waals surface area contributed by atoms with E-state index in [1.54, 1.807) is 45.5 Å². The maximum Gasteiger partial charge on any atom is 0.257 e. The zero-order valence-corrected chi connectivity index (χ0v) is 18.8. The predicted molar refractivity (Wildman–Crippen MR) is 128 cm³/mol. The third-order valence-electron chi connectivity index (χ3n) is 5.40. The number of pyridine rings is 1. The summed E-state index contributed by atoms with van der Waals surface area (Å²) in [6, 6.07) is 18.2. The second-order valence-corrected chi connectivity index (χ2v) is 7.60. The minimum Gasteiger partial charge on any atom is -0.493 e. The number of aryl methyl sites for hydroxylation is 1. The van der Waals surface area contributed by atoms with Crippen molar-refractivity contribution in [2.45, 2.75) is 6.92 Å². The molecule has 0 fully saturated rings. The van der Waals surface area contributed by atoms with Gasteiger partial charge in [0.2, 0.25) is 0 Å². The van der Waals surface area contributed by atoms with E-state index in [9.17, 15) is 4.79 Å². The van der Waals surface area contributed by atoms with Gasteiger partial charge in [-0.25, -0.2) is 0 Å². The van der Waals surface area contributed by atoms with E-state index >= 15 is 0 Å². The van der Waals surface area contributed by atoms with Gasteiger partial charge in [-0.3, -0.25) is 9.78 Å². The summed E-state index contributed by atoms with van der Waals surface area (Å²) in [5.74, 6) is 3.15. The first-order chi connectivity index (χ1) is 16.6.